The molecule has 1 aliphatic rings. The lowest BCUT2D eigenvalue weighted by Gasteiger charge is -2.34. The normalized spacial score (nSPS) is 22.3. The second-order valence-corrected chi connectivity index (χ2v) is 4.85. The minimum absolute atomic E-state index is 0.0677. The Balaban J connectivity index is 2.02. The Bertz CT molecular complexity index is 494. The van der Waals surface area contributed by atoms with Gasteiger partial charge in [-0.25, -0.2) is 8.78 Å². The molecular formula is C13H14F5NO2. The maximum Gasteiger partial charge on any atom is 0.415 e. The summed E-state index contributed by atoms with van der Waals surface area (Å²) < 4.78 is 68.4. The van der Waals surface area contributed by atoms with Gasteiger partial charge in [-0.3, -0.25) is 4.90 Å². The summed E-state index contributed by atoms with van der Waals surface area (Å²) in [6.45, 7) is -0.132. The molecule has 0 bridgehead atoms. The number of morpholine rings is 1. The monoisotopic (exact) mass is 311 g/mol. The van der Waals surface area contributed by atoms with Gasteiger partial charge < -0.3 is 9.84 Å². The third kappa shape index (κ3) is 4.12. The van der Waals surface area contributed by atoms with Gasteiger partial charge >= 0.3 is 6.18 Å². The van der Waals surface area contributed by atoms with Crippen LogP contribution in [0.15, 0.2) is 18.2 Å². The molecule has 8 heteroatoms. The Morgan fingerprint density at radius 1 is 1.29 bits per heavy atom. The zero-order chi connectivity index (χ0) is 15.6. The van der Waals surface area contributed by atoms with Crippen LogP contribution in [0.2, 0.25) is 0 Å². The van der Waals surface area contributed by atoms with Gasteiger partial charge in [0.2, 0.25) is 0 Å². The standard InChI is InChI=1S/C13H14F5NO2/c14-9-2-1-8(5-10(9)15)11-6-19(3-4-21-11)7-12(20)13(16,17)18/h1-2,5,11-12,20H,3-4,6-7H2/t11-,12?/m1/s1. The van der Waals surface area contributed by atoms with Crippen molar-refractivity contribution in [2.45, 2.75) is 18.4 Å². The molecule has 0 aromatic heterocycles. The first-order valence-corrected chi connectivity index (χ1v) is 6.31. The smallest absolute Gasteiger partial charge is 0.382 e. The van der Waals surface area contributed by atoms with Crippen molar-refractivity contribution in [1.29, 1.82) is 0 Å². The summed E-state index contributed by atoms with van der Waals surface area (Å²) in [5.41, 5.74) is 0.347. The molecule has 1 saturated heterocycles. The molecule has 1 aliphatic heterocycles. The number of nitrogens with zero attached hydrogens (tertiary/aromatic N) is 1. The van der Waals surface area contributed by atoms with Crippen LogP contribution in [0, 0.1) is 11.6 Å². The van der Waals surface area contributed by atoms with Crippen LogP contribution in [-0.4, -0.2) is 48.5 Å². The molecular weight excluding hydrogens is 297 g/mol. The molecule has 2 rings (SSSR count). The molecule has 2 atom stereocenters. The second kappa shape index (κ2) is 6.25. The Morgan fingerprint density at radius 3 is 2.62 bits per heavy atom. The molecule has 0 amide bonds. The van der Waals surface area contributed by atoms with E-state index in [1.54, 1.807) is 0 Å². The van der Waals surface area contributed by atoms with Crippen molar-refractivity contribution in [3.63, 3.8) is 0 Å². The van der Waals surface area contributed by atoms with E-state index in [1.165, 1.54) is 11.0 Å². The average molecular weight is 311 g/mol. The van der Waals surface area contributed by atoms with Gasteiger partial charge in [0, 0.05) is 19.6 Å². The zero-order valence-corrected chi connectivity index (χ0v) is 10.9. The predicted octanol–water partition coefficient (Wildman–Crippen LogP) is 2.26. The number of β-amino-alcohol motifs (C(OH)–C–C–N with tert-alkyl or cyclic N) is 1. The molecule has 1 unspecified atom stereocenters. The first-order valence-electron chi connectivity index (χ1n) is 6.31. The number of ether oxygens (including phenoxy) is 1. The van der Waals surface area contributed by atoms with Crippen molar-refractivity contribution >= 4 is 0 Å². The molecule has 0 aliphatic carbocycles. The first-order chi connectivity index (χ1) is 9.77. The first kappa shape index (κ1) is 16.1. The molecule has 0 radical (unpaired) electrons. The molecule has 1 aromatic carbocycles. The van der Waals surface area contributed by atoms with Crippen LogP contribution in [0.3, 0.4) is 0 Å². The molecule has 0 saturated carbocycles. The fourth-order valence-corrected chi connectivity index (χ4v) is 2.13. The Hall–Kier alpha value is -1.25. The van der Waals surface area contributed by atoms with Gasteiger partial charge in [-0.1, -0.05) is 6.07 Å². The molecule has 21 heavy (non-hydrogen) atoms. The lowest BCUT2D eigenvalue weighted by molar-refractivity contribution is -0.211. The van der Waals surface area contributed by atoms with E-state index in [4.69, 9.17) is 9.84 Å². The molecule has 1 N–H and O–H groups in total. The number of halogens is 5. The number of hydrogen-bond acceptors (Lipinski definition) is 3. The molecule has 0 spiro atoms. The second-order valence-electron chi connectivity index (χ2n) is 4.85. The fraction of sp³-hybridized carbons (Fsp3) is 0.538. The topological polar surface area (TPSA) is 32.7 Å². The quantitative estimate of drug-likeness (QED) is 0.869. The molecule has 1 aromatic rings. The van der Waals surface area contributed by atoms with Gasteiger partial charge in [0.1, 0.15) is 0 Å². The molecule has 118 valence electrons. The third-order valence-electron chi connectivity index (χ3n) is 3.27. The van der Waals surface area contributed by atoms with E-state index in [-0.39, 0.29) is 19.7 Å². The van der Waals surface area contributed by atoms with Crippen LogP contribution in [0.1, 0.15) is 11.7 Å². The highest BCUT2D eigenvalue weighted by molar-refractivity contribution is 5.21. The zero-order valence-electron chi connectivity index (χ0n) is 10.9. The Morgan fingerprint density at radius 2 is 2.00 bits per heavy atom. The number of benzene rings is 1. The molecule has 1 heterocycles. The fourth-order valence-electron chi connectivity index (χ4n) is 2.13. The lowest BCUT2D eigenvalue weighted by Crippen LogP contribution is -2.46. The predicted molar refractivity (Wildman–Crippen MR) is 63.6 cm³/mol. The largest absolute Gasteiger partial charge is 0.415 e. The summed E-state index contributed by atoms with van der Waals surface area (Å²) in [6.07, 6.45) is -7.79. The molecule has 1 fully saturated rings. The van der Waals surface area contributed by atoms with Gasteiger partial charge in [0.25, 0.3) is 0 Å². The highest BCUT2D eigenvalue weighted by Crippen LogP contribution is 2.26. The van der Waals surface area contributed by atoms with Crippen LogP contribution in [-0.2, 0) is 4.74 Å². The van der Waals surface area contributed by atoms with Crippen LogP contribution >= 0.6 is 0 Å². The van der Waals surface area contributed by atoms with Crippen LogP contribution in [0.5, 0.6) is 0 Å². The molecule has 3 nitrogen and oxygen atoms in total. The van der Waals surface area contributed by atoms with Crippen LogP contribution in [0.4, 0.5) is 22.0 Å². The van der Waals surface area contributed by atoms with Gasteiger partial charge in [-0.15, -0.1) is 0 Å². The van der Waals surface area contributed by atoms with E-state index in [0.29, 0.717) is 5.56 Å². The Kier molecular flexibility index (Phi) is 4.80. The lowest BCUT2D eigenvalue weighted by atomic mass is 10.1. The number of aliphatic hydroxyl groups is 1. The van der Waals surface area contributed by atoms with Crippen molar-refractivity contribution in [3.8, 4) is 0 Å². The van der Waals surface area contributed by atoms with Gasteiger partial charge in [-0.05, 0) is 17.7 Å². The summed E-state index contributed by atoms with van der Waals surface area (Å²) in [7, 11) is 0. The van der Waals surface area contributed by atoms with Gasteiger partial charge in [0.05, 0.1) is 12.7 Å². The van der Waals surface area contributed by atoms with E-state index < -0.39 is 36.6 Å². The number of rotatable bonds is 3. The summed E-state index contributed by atoms with van der Waals surface area (Å²) in [6, 6.07) is 3.23. The van der Waals surface area contributed by atoms with Crippen molar-refractivity contribution in [2.75, 3.05) is 26.2 Å². The minimum atomic E-state index is -4.68. The SMILES string of the molecule is OC(CN1CCO[C@@H](c2ccc(F)c(F)c2)C1)C(F)(F)F. The number of alkyl halides is 3. The van der Waals surface area contributed by atoms with E-state index in [1.807, 2.05) is 0 Å². The highest BCUT2D eigenvalue weighted by atomic mass is 19.4. The van der Waals surface area contributed by atoms with E-state index in [2.05, 4.69) is 0 Å². The van der Waals surface area contributed by atoms with Crippen LogP contribution < -0.4 is 0 Å². The maximum atomic E-state index is 13.2. The highest BCUT2D eigenvalue weighted by Gasteiger charge is 2.39. The van der Waals surface area contributed by atoms with Crippen molar-refractivity contribution in [3.05, 3.63) is 35.4 Å². The Labute approximate surface area is 117 Å². The van der Waals surface area contributed by atoms with Crippen LogP contribution in [0.25, 0.3) is 0 Å². The summed E-state index contributed by atoms with van der Waals surface area (Å²) in [5, 5.41) is 9.06. The van der Waals surface area contributed by atoms with E-state index >= 15 is 0 Å². The van der Waals surface area contributed by atoms with E-state index in [0.717, 1.165) is 12.1 Å². The van der Waals surface area contributed by atoms with Gasteiger partial charge in [-0.2, -0.15) is 13.2 Å². The minimum Gasteiger partial charge on any atom is -0.382 e. The van der Waals surface area contributed by atoms with E-state index in [9.17, 15) is 22.0 Å². The van der Waals surface area contributed by atoms with Crippen molar-refractivity contribution < 1.29 is 31.8 Å². The third-order valence-corrected chi connectivity index (χ3v) is 3.27. The summed E-state index contributed by atoms with van der Waals surface area (Å²) in [5.74, 6) is -2.04. The van der Waals surface area contributed by atoms with Gasteiger partial charge in [0.15, 0.2) is 17.7 Å². The summed E-state index contributed by atoms with van der Waals surface area (Å²) >= 11 is 0. The number of aliphatic hydroxyl groups excluding tert-OH is 1. The average Bonchev–Trinajstić information content (AvgIpc) is 2.41. The van der Waals surface area contributed by atoms with Crippen molar-refractivity contribution in [1.82, 2.24) is 4.90 Å². The maximum absolute atomic E-state index is 13.2. The summed E-state index contributed by atoms with van der Waals surface area (Å²) in [4.78, 5) is 1.38. The van der Waals surface area contributed by atoms with Crippen molar-refractivity contribution in [2.24, 2.45) is 0 Å². The number of hydrogen-bond donors (Lipinski definition) is 1.